The van der Waals surface area contributed by atoms with Crippen LogP contribution < -0.4 is 15.0 Å². The first-order valence-corrected chi connectivity index (χ1v) is 8.81. The highest BCUT2D eigenvalue weighted by Crippen LogP contribution is 2.37. The first kappa shape index (κ1) is 17.5. The Morgan fingerprint density at radius 3 is 2.56 bits per heavy atom. The first-order valence-electron chi connectivity index (χ1n) is 8.02. The fourth-order valence-electron chi connectivity index (χ4n) is 2.71. The van der Waals surface area contributed by atoms with E-state index in [1.54, 1.807) is 18.7 Å². The van der Waals surface area contributed by atoms with Crippen LogP contribution in [0.3, 0.4) is 0 Å². The molecule has 5 nitrogen and oxygen atoms in total. The number of benzene rings is 2. The molecule has 0 atom stereocenters. The second kappa shape index (κ2) is 6.88. The molecule has 2 amide bonds. The van der Waals surface area contributed by atoms with E-state index < -0.39 is 5.60 Å². The lowest BCUT2D eigenvalue weighted by atomic mass is 10.0. The van der Waals surface area contributed by atoms with Crippen molar-refractivity contribution in [2.24, 2.45) is 0 Å². The summed E-state index contributed by atoms with van der Waals surface area (Å²) in [7, 11) is 0. The zero-order valence-corrected chi connectivity index (χ0v) is 15.7. The van der Waals surface area contributed by atoms with E-state index in [0.717, 1.165) is 10.2 Å². The van der Waals surface area contributed by atoms with E-state index in [0.29, 0.717) is 18.0 Å². The Morgan fingerprint density at radius 1 is 1.16 bits per heavy atom. The van der Waals surface area contributed by atoms with Gasteiger partial charge in [-0.15, -0.1) is 0 Å². The number of ether oxygens (including phenoxy) is 1. The third-order valence-electron chi connectivity index (χ3n) is 3.97. The van der Waals surface area contributed by atoms with Gasteiger partial charge in [0.05, 0.1) is 5.69 Å². The molecule has 1 aliphatic heterocycles. The number of carbonyl (C=O) groups is 2. The minimum atomic E-state index is -0.948. The number of para-hydroxylation sites is 2. The van der Waals surface area contributed by atoms with E-state index in [1.807, 2.05) is 48.5 Å². The lowest BCUT2D eigenvalue weighted by molar-refractivity contribution is -0.132. The molecule has 1 N–H and O–H groups in total. The zero-order chi connectivity index (χ0) is 18.0. The molecule has 1 heterocycles. The Hall–Kier alpha value is -2.34. The maximum absolute atomic E-state index is 12.7. The van der Waals surface area contributed by atoms with Gasteiger partial charge in [-0.25, -0.2) is 0 Å². The molecule has 0 aromatic heterocycles. The number of anilines is 2. The lowest BCUT2D eigenvalue weighted by Gasteiger charge is -2.38. The van der Waals surface area contributed by atoms with Crippen LogP contribution in [0.25, 0.3) is 0 Å². The molecule has 0 bridgehead atoms. The van der Waals surface area contributed by atoms with Crippen molar-refractivity contribution in [1.29, 1.82) is 0 Å². The predicted molar refractivity (Wildman–Crippen MR) is 101 cm³/mol. The number of carbonyl (C=O) groups excluding carboxylic acids is 2. The highest BCUT2D eigenvalue weighted by Gasteiger charge is 2.40. The molecule has 0 saturated heterocycles. The van der Waals surface area contributed by atoms with Gasteiger partial charge in [0.2, 0.25) is 5.91 Å². The number of amides is 2. The molecule has 130 valence electrons. The van der Waals surface area contributed by atoms with E-state index in [9.17, 15) is 9.59 Å². The summed E-state index contributed by atoms with van der Waals surface area (Å²) in [6.07, 6.45) is 0.201. The molecule has 2 aromatic carbocycles. The van der Waals surface area contributed by atoms with Gasteiger partial charge in [0.15, 0.2) is 5.60 Å². The number of hydrogen-bond donors (Lipinski definition) is 1. The maximum atomic E-state index is 12.7. The summed E-state index contributed by atoms with van der Waals surface area (Å²) >= 11 is 3.36. The van der Waals surface area contributed by atoms with Gasteiger partial charge in [0.1, 0.15) is 5.75 Å². The van der Waals surface area contributed by atoms with Crippen LogP contribution in [-0.4, -0.2) is 24.0 Å². The molecule has 0 fully saturated rings. The molecule has 6 heteroatoms. The van der Waals surface area contributed by atoms with E-state index in [-0.39, 0.29) is 18.2 Å². The van der Waals surface area contributed by atoms with Crippen LogP contribution in [0.1, 0.15) is 20.3 Å². The fourth-order valence-corrected chi connectivity index (χ4v) is 2.98. The molecule has 0 radical (unpaired) electrons. The summed E-state index contributed by atoms with van der Waals surface area (Å²) in [6.45, 7) is 3.77. The molecule has 25 heavy (non-hydrogen) atoms. The fraction of sp³-hybridized carbons (Fsp3) is 0.263. The molecule has 0 unspecified atom stereocenters. The van der Waals surface area contributed by atoms with Gasteiger partial charge >= 0.3 is 0 Å². The van der Waals surface area contributed by atoms with Crippen molar-refractivity contribution >= 4 is 39.1 Å². The van der Waals surface area contributed by atoms with Crippen LogP contribution in [0.15, 0.2) is 53.0 Å². The summed E-state index contributed by atoms with van der Waals surface area (Å²) in [4.78, 5) is 26.5. The number of hydrogen-bond acceptors (Lipinski definition) is 3. The third-order valence-corrected chi connectivity index (χ3v) is 4.50. The number of rotatable bonds is 4. The Morgan fingerprint density at radius 2 is 1.84 bits per heavy atom. The highest BCUT2D eigenvalue weighted by molar-refractivity contribution is 9.10. The van der Waals surface area contributed by atoms with Gasteiger partial charge in [-0.2, -0.15) is 0 Å². The largest absolute Gasteiger partial charge is 0.476 e. The Labute approximate surface area is 155 Å². The Bertz CT molecular complexity index is 803. The molecule has 1 aliphatic rings. The Balaban J connectivity index is 1.70. The minimum absolute atomic E-state index is 0.142. The zero-order valence-electron chi connectivity index (χ0n) is 14.1. The Kier molecular flexibility index (Phi) is 4.81. The standard InChI is InChI=1S/C19H19BrN2O3/c1-19(2)18(24)22(15-5-3-4-6-16(15)25-19)12-11-17(23)21-14-9-7-13(20)8-10-14/h3-10H,11-12H2,1-2H3,(H,21,23). The van der Waals surface area contributed by atoms with Crippen LogP contribution in [0.4, 0.5) is 11.4 Å². The summed E-state index contributed by atoms with van der Waals surface area (Å²) in [5.41, 5.74) is 0.474. The van der Waals surface area contributed by atoms with Gasteiger partial charge in [0.25, 0.3) is 5.91 Å². The summed E-state index contributed by atoms with van der Waals surface area (Å²) < 4.78 is 6.73. The molecular weight excluding hydrogens is 384 g/mol. The average Bonchev–Trinajstić information content (AvgIpc) is 2.57. The van der Waals surface area contributed by atoms with Crippen LogP contribution in [0.2, 0.25) is 0 Å². The van der Waals surface area contributed by atoms with Crippen LogP contribution in [-0.2, 0) is 9.59 Å². The van der Waals surface area contributed by atoms with Gasteiger partial charge in [-0.1, -0.05) is 28.1 Å². The number of nitrogens with one attached hydrogen (secondary N) is 1. The van der Waals surface area contributed by atoms with Crippen LogP contribution >= 0.6 is 15.9 Å². The average molecular weight is 403 g/mol. The molecular formula is C19H19BrN2O3. The second-order valence-electron chi connectivity index (χ2n) is 6.34. The molecule has 0 saturated carbocycles. The van der Waals surface area contributed by atoms with Crippen molar-refractivity contribution in [2.75, 3.05) is 16.8 Å². The third kappa shape index (κ3) is 3.85. The van der Waals surface area contributed by atoms with Crippen molar-refractivity contribution in [3.8, 4) is 5.75 Å². The van der Waals surface area contributed by atoms with Gasteiger partial charge in [-0.05, 0) is 50.2 Å². The van der Waals surface area contributed by atoms with Gasteiger partial charge in [0, 0.05) is 23.1 Å². The smallest absolute Gasteiger partial charge is 0.270 e. The van der Waals surface area contributed by atoms with Crippen molar-refractivity contribution in [2.45, 2.75) is 25.9 Å². The quantitative estimate of drug-likeness (QED) is 0.840. The van der Waals surface area contributed by atoms with Gasteiger partial charge in [-0.3, -0.25) is 9.59 Å². The second-order valence-corrected chi connectivity index (χ2v) is 7.26. The van der Waals surface area contributed by atoms with E-state index in [2.05, 4.69) is 21.2 Å². The summed E-state index contributed by atoms with van der Waals surface area (Å²) in [6, 6.07) is 14.7. The normalized spacial score (nSPS) is 15.3. The van der Waals surface area contributed by atoms with E-state index in [4.69, 9.17) is 4.74 Å². The molecule has 3 rings (SSSR count). The van der Waals surface area contributed by atoms with Crippen molar-refractivity contribution in [3.63, 3.8) is 0 Å². The number of fused-ring (bicyclic) bond motifs is 1. The molecule has 0 spiro atoms. The monoisotopic (exact) mass is 402 g/mol. The van der Waals surface area contributed by atoms with Gasteiger partial charge < -0.3 is 15.0 Å². The maximum Gasteiger partial charge on any atom is 0.270 e. The number of nitrogens with zero attached hydrogens (tertiary/aromatic N) is 1. The first-order chi connectivity index (χ1) is 11.9. The van der Waals surface area contributed by atoms with Crippen molar-refractivity contribution < 1.29 is 14.3 Å². The minimum Gasteiger partial charge on any atom is -0.476 e. The van der Waals surface area contributed by atoms with Crippen LogP contribution in [0.5, 0.6) is 5.75 Å². The molecule has 0 aliphatic carbocycles. The van der Waals surface area contributed by atoms with Crippen molar-refractivity contribution in [1.82, 2.24) is 0 Å². The topological polar surface area (TPSA) is 58.6 Å². The SMILES string of the molecule is CC1(C)Oc2ccccc2N(CCC(=O)Nc2ccc(Br)cc2)C1=O. The van der Waals surface area contributed by atoms with E-state index in [1.165, 1.54) is 0 Å². The summed E-state index contributed by atoms with van der Waals surface area (Å²) in [5, 5.41) is 2.84. The lowest BCUT2D eigenvalue weighted by Crippen LogP contribution is -2.53. The predicted octanol–water partition coefficient (Wildman–Crippen LogP) is 3.98. The van der Waals surface area contributed by atoms with Crippen molar-refractivity contribution in [3.05, 3.63) is 53.0 Å². The van der Waals surface area contributed by atoms with Crippen LogP contribution in [0, 0.1) is 0 Å². The number of halogens is 1. The summed E-state index contributed by atoms with van der Waals surface area (Å²) in [5.74, 6) is 0.361. The molecule has 2 aromatic rings. The highest BCUT2D eigenvalue weighted by atomic mass is 79.9. The van der Waals surface area contributed by atoms with E-state index >= 15 is 0 Å².